The second-order valence-corrected chi connectivity index (χ2v) is 4.44. The number of hydrogen-bond donors (Lipinski definition) is 1. The van der Waals surface area contributed by atoms with Crippen molar-refractivity contribution < 1.29 is 0 Å². The SMILES string of the molecule is CN=Nc1c(C)c(C)c2[nH]c(N(C)C)cc(=O)n12. The summed E-state index contributed by atoms with van der Waals surface area (Å²) in [5.41, 5.74) is 2.64. The molecule has 0 spiro atoms. The van der Waals surface area contributed by atoms with Crippen molar-refractivity contribution in [2.75, 3.05) is 26.0 Å². The molecule has 0 aliphatic rings. The van der Waals surface area contributed by atoms with Crippen molar-refractivity contribution in [3.05, 3.63) is 27.5 Å². The predicted molar refractivity (Wildman–Crippen MR) is 72.3 cm³/mol. The maximum absolute atomic E-state index is 12.2. The van der Waals surface area contributed by atoms with E-state index in [2.05, 4.69) is 15.2 Å². The number of rotatable bonds is 2. The first kappa shape index (κ1) is 12.3. The summed E-state index contributed by atoms with van der Waals surface area (Å²) in [6.07, 6.45) is 0. The Morgan fingerprint density at radius 2 is 1.94 bits per heavy atom. The van der Waals surface area contributed by atoms with Crippen LogP contribution in [-0.4, -0.2) is 30.5 Å². The number of aromatic nitrogens is 2. The number of nitrogens with zero attached hydrogens (tertiary/aromatic N) is 4. The molecule has 0 saturated heterocycles. The first-order chi connectivity index (χ1) is 8.47. The largest absolute Gasteiger partial charge is 0.364 e. The van der Waals surface area contributed by atoms with Gasteiger partial charge in [0.15, 0.2) is 5.82 Å². The summed E-state index contributed by atoms with van der Waals surface area (Å²) < 4.78 is 1.56. The van der Waals surface area contributed by atoms with Crippen LogP contribution in [-0.2, 0) is 0 Å². The number of H-pyrrole nitrogens is 1. The van der Waals surface area contributed by atoms with Gasteiger partial charge in [0.1, 0.15) is 11.5 Å². The van der Waals surface area contributed by atoms with Gasteiger partial charge in [-0.15, -0.1) is 5.11 Å². The normalized spacial score (nSPS) is 11.6. The van der Waals surface area contributed by atoms with Gasteiger partial charge >= 0.3 is 0 Å². The van der Waals surface area contributed by atoms with Crippen LogP contribution in [0.4, 0.5) is 11.6 Å². The number of fused-ring (bicyclic) bond motifs is 1. The van der Waals surface area contributed by atoms with E-state index in [1.165, 1.54) is 0 Å². The number of aryl methyl sites for hydroxylation is 1. The van der Waals surface area contributed by atoms with Gasteiger partial charge in [0.2, 0.25) is 0 Å². The maximum Gasteiger partial charge on any atom is 0.261 e. The van der Waals surface area contributed by atoms with Crippen molar-refractivity contribution >= 4 is 17.3 Å². The molecule has 1 N–H and O–H groups in total. The molecule has 0 aliphatic carbocycles. The molecule has 96 valence electrons. The van der Waals surface area contributed by atoms with Crippen LogP contribution >= 0.6 is 0 Å². The lowest BCUT2D eigenvalue weighted by Gasteiger charge is -2.12. The summed E-state index contributed by atoms with van der Waals surface area (Å²) in [6, 6.07) is 1.56. The Hall–Kier alpha value is -2.11. The number of anilines is 1. The molecule has 0 fully saturated rings. The fourth-order valence-electron chi connectivity index (χ4n) is 1.95. The van der Waals surface area contributed by atoms with Crippen LogP contribution in [0.25, 0.3) is 5.65 Å². The predicted octanol–water partition coefficient (Wildman–Crippen LogP) is 2.02. The minimum atomic E-state index is -0.106. The van der Waals surface area contributed by atoms with Gasteiger partial charge in [-0.25, -0.2) is 4.40 Å². The third kappa shape index (κ3) is 1.70. The molecule has 6 nitrogen and oxygen atoms in total. The van der Waals surface area contributed by atoms with Crippen molar-refractivity contribution in [3.63, 3.8) is 0 Å². The monoisotopic (exact) mass is 247 g/mol. The Kier molecular flexibility index (Phi) is 2.94. The van der Waals surface area contributed by atoms with Crippen LogP contribution in [0.3, 0.4) is 0 Å². The minimum Gasteiger partial charge on any atom is -0.364 e. The second-order valence-electron chi connectivity index (χ2n) is 4.44. The average Bonchev–Trinajstić information content (AvgIpc) is 2.55. The van der Waals surface area contributed by atoms with E-state index >= 15 is 0 Å². The lowest BCUT2D eigenvalue weighted by molar-refractivity contribution is 0.987. The van der Waals surface area contributed by atoms with E-state index < -0.39 is 0 Å². The fraction of sp³-hybridized carbons (Fsp3) is 0.417. The summed E-state index contributed by atoms with van der Waals surface area (Å²) in [4.78, 5) is 17.3. The molecule has 2 rings (SSSR count). The molecule has 2 heterocycles. The van der Waals surface area contributed by atoms with Crippen LogP contribution < -0.4 is 10.5 Å². The van der Waals surface area contributed by atoms with Crippen LogP contribution in [0, 0.1) is 13.8 Å². The third-order valence-corrected chi connectivity index (χ3v) is 3.09. The highest BCUT2D eigenvalue weighted by atomic mass is 16.1. The van der Waals surface area contributed by atoms with Gasteiger partial charge in [-0.2, -0.15) is 5.11 Å². The zero-order valence-electron chi connectivity index (χ0n) is 11.3. The van der Waals surface area contributed by atoms with E-state index in [1.807, 2.05) is 32.8 Å². The van der Waals surface area contributed by atoms with Crippen molar-refractivity contribution in [1.82, 2.24) is 9.38 Å². The molecular weight excluding hydrogens is 230 g/mol. The number of azo groups is 1. The zero-order valence-corrected chi connectivity index (χ0v) is 11.3. The van der Waals surface area contributed by atoms with E-state index in [-0.39, 0.29) is 5.56 Å². The van der Waals surface area contributed by atoms with Crippen LogP contribution in [0.1, 0.15) is 11.1 Å². The van der Waals surface area contributed by atoms with E-state index in [4.69, 9.17) is 0 Å². The highest BCUT2D eigenvalue weighted by molar-refractivity contribution is 5.65. The Labute approximate surface area is 105 Å². The quantitative estimate of drug-likeness (QED) is 0.825. The lowest BCUT2D eigenvalue weighted by atomic mass is 10.2. The van der Waals surface area contributed by atoms with Crippen LogP contribution in [0.2, 0.25) is 0 Å². The summed E-state index contributed by atoms with van der Waals surface area (Å²) in [5, 5.41) is 7.81. The first-order valence-corrected chi connectivity index (χ1v) is 5.69. The van der Waals surface area contributed by atoms with Crippen molar-refractivity contribution in [1.29, 1.82) is 0 Å². The Bertz CT molecular complexity index is 678. The first-order valence-electron chi connectivity index (χ1n) is 5.69. The molecule has 18 heavy (non-hydrogen) atoms. The highest BCUT2D eigenvalue weighted by Crippen LogP contribution is 2.27. The smallest absolute Gasteiger partial charge is 0.261 e. The van der Waals surface area contributed by atoms with Crippen LogP contribution in [0.5, 0.6) is 0 Å². The summed E-state index contributed by atoms with van der Waals surface area (Å²) >= 11 is 0. The van der Waals surface area contributed by atoms with Gasteiger partial charge in [-0.1, -0.05) is 0 Å². The number of nitrogens with one attached hydrogen (secondary N) is 1. The Morgan fingerprint density at radius 1 is 1.28 bits per heavy atom. The standard InChI is InChI=1S/C12H17N5O/c1-7-8(2)12(15-13-3)17-10(18)6-9(16(4)5)14-11(7)17/h6,14H,1-5H3. The lowest BCUT2D eigenvalue weighted by Crippen LogP contribution is -2.18. The van der Waals surface area contributed by atoms with Gasteiger partial charge in [0, 0.05) is 32.8 Å². The number of aromatic amines is 1. The van der Waals surface area contributed by atoms with Crippen LogP contribution in [0.15, 0.2) is 21.1 Å². The van der Waals surface area contributed by atoms with Gasteiger partial charge in [0.05, 0.1) is 0 Å². The third-order valence-electron chi connectivity index (χ3n) is 3.09. The maximum atomic E-state index is 12.2. The number of hydrogen-bond acceptors (Lipinski definition) is 4. The summed E-state index contributed by atoms with van der Waals surface area (Å²) in [6.45, 7) is 3.91. The summed E-state index contributed by atoms with van der Waals surface area (Å²) in [7, 11) is 5.37. The molecule has 0 amide bonds. The molecule has 0 bridgehead atoms. The van der Waals surface area contributed by atoms with E-state index in [9.17, 15) is 4.79 Å². The molecule has 0 aromatic carbocycles. The molecule has 0 atom stereocenters. The second kappa shape index (κ2) is 4.29. The minimum absolute atomic E-state index is 0.106. The molecule has 0 aliphatic heterocycles. The van der Waals surface area contributed by atoms with E-state index in [1.54, 1.807) is 17.5 Å². The Morgan fingerprint density at radius 3 is 2.50 bits per heavy atom. The molecule has 6 heteroatoms. The molecular formula is C12H17N5O. The van der Waals surface area contributed by atoms with Gasteiger partial charge in [0.25, 0.3) is 5.56 Å². The summed E-state index contributed by atoms with van der Waals surface area (Å²) in [5.74, 6) is 1.37. The molecule has 0 saturated carbocycles. The van der Waals surface area contributed by atoms with E-state index in [0.29, 0.717) is 5.82 Å². The average molecular weight is 247 g/mol. The molecule has 2 aromatic heterocycles. The van der Waals surface area contributed by atoms with Gasteiger partial charge in [-0.3, -0.25) is 4.79 Å². The molecule has 0 radical (unpaired) electrons. The molecule has 2 aromatic rings. The topological polar surface area (TPSA) is 65.2 Å². The van der Waals surface area contributed by atoms with Gasteiger partial charge in [-0.05, 0) is 19.4 Å². The van der Waals surface area contributed by atoms with E-state index in [0.717, 1.165) is 22.6 Å². The highest BCUT2D eigenvalue weighted by Gasteiger charge is 2.15. The van der Waals surface area contributed by atoms with Gasteiger partial charge < -0.3 is 9.88 Å². The fourth-order valence-corrected chi connectivity index (χ4v) is 1.95. The van der Waals surface area contributed by atoms with Crippen molar-refractivity contribution in [3.8, 4) is 0 Å². The Balaban J connectivity index is 2.92. The zero-order chi connectivity index (χ0) is 13.4. The molecule has 0 unspecified atom stereocenters. The van der Waals surface area contributed by atoms with Crippen molar-refractivity contribution in [2.24, 2.45) is 10.2 Å². The van der Waals surface area contributed by atoms with Crippen molar-refractivity contribution in [2.45, 2.75) is 13.8 Å².